The van der Waals surface area contributed by atoms with Gasteiger partial charge in [0, 0.05) is 25.3 Å². The first-order chi connectivity index (χ1) is 9.78. The van der Waals surface area contributed by atoms with Gasteiger partial charge < -0.3 is 5.32 Å². The van der Waals surface area contributed by atoms with Crippen LogP contribution >= 0.6 is 0 Å². The van der Waals surface area contributed by atoms with Crippen LogP contribution in [0.15, 0.2) is 54.6 Å². The Hall–Kier alpha value is -1.87. The van der Waals surface area contributed by atoms with E-state index in [-0.39, 0.29) is 5.82 Å². The second-order valence-corrected chi connectivity index (χ2v) is 4.79. The van der Waals surface area contributed by atoms with Crippen LogP contribution in [-0.2, 0) is 6.54 Å². The first-order valence-corrected chi connectivity index (χ1v) is 7.03. The van der Waals surface area contributed by atoms with Crippen LogP contribution in [-0.4, -0.2) is 24.5 Å². The zero-order chi connectivity index (χ0) is 14.2. The zero-order valence-electron chi connectivity index (χ0n) is 11.8. The standard InChI is InChI=1S/C17H21FN2/c1-2-20(14-15-7-4-3-5-8-15)12-11-19-17-10-6-9-16(18)13-17/h3-10,13,19H,2,11-12,14H2,1H3. The molecule has 0 aliphatic carbocycles. The Kier molecular flexibility index (Phi) is 5.56. The minimum absolute atomic E-state index is 0.202. The van der Waals surface area contributed by atoms with Crippen LogP contribution in [0.25, 0.3) is 0 Å². The second kappa shape index (κ2) is 7.65. The molecular weight excluding hydrogens is 251 g/mol. The van der Waals surface area contributed by atoms with E-state index in [9.17, 15) is 4.39 Å². The number of anilines is 1. The Morgan fingerprint density at radius 3 is 2.55 bits per heavy atom. The third-order valence-corrected chi connectivity index (χ3v) is 3.28. The Morgan fingerprint density at radius 1 is 1.05 bits per heavy atom. The Bertz CT molecular complexity index is 513. The van der Waals surface area contributed by atoms with E-state index in [0.717, 1.165) is 31.9 Å². The fourth-order valence-electron chi connectivity index (χ4n) is 2.15. The van der Waals surface area contributed by atoms with Gasteiger partial charge in [-0.05, 0) is 30.3 Å². The molecule has 2 nitrogen and oxygen atoms in total. The summed E-state index contributed by atoms with van der Waals surface area (Å²) in [7, 11) is 0. The molecule has 2 aromatic rings. The lowest BCUT2D eigenvalue weighted by molar-refractivity contribution is 0.291. The van der Waals surface area contributed by atoms with Gasteiger partial charge in [0.25, 0.3) is 0 Å². The number of benzene rings is 2. The van der Waals surface area contributed by atoms with E-state index in [1.807, 2.05) is 12.1 Å². The number of nitrogens with zero attached hydrogens (tertiary/aromatic N) is 1. The topological polar surface area (TPSA) is 15.3 Å². The van der Waals surface area contributed by atoms with Crippen LogP contribution in [0.3, 0.4) is 0 Å². The van der Waals surface area contributed by atoms with E-state index in [1.54, 1.807) is 6.07 Å². The number of likely N-dealkylation sites (N-methyl/N-ethyl adjacent to an activating group) is 1. The average molecular weight is 272 g/mol. The van der Waals surface area contributed by atoms with Gasteiger partial charge in [0.15, 0.2) is 0 Å². The molecule has 2 aromatic carbocycles. The predicted molar refractivity (Wildman–Crippen MR) is 82.3 cm³/mol. The van der Waals surface area contributed by atoms with E-state index in [1.165, 1.54) is 17.7 Å². The fourth-order valence-corrected chi connectivity index (χ4v) is 2.15. The van der Waals surface area contributed by atoms with Crippen molar-refractivity contribution in [1.29, 1.82) is 0 Å². The quantitative estimate of drug-likeness (QED) is 0.825. The lowest BCUT2D eigenvalue weighted by atomic mass is 10.2. The van der Waals surface area contributed by atoms with Crippen molar-refractivity contribution in [3.8, 4) is 0 Å². The van der Waals surface area contributed by atoms with Crippen molar-refractivity contribution in [2.75, 3.05) is 25.0 Å². The molecule has 106 valence electrons. The van der Waals surface area contributed by atoms with Crippen molar-refractivity contribution in [2.24, 2.45) is 0 Å². The normalized spacial score (nSPS) is 10.8. The highest BCUT2D eigenvalue weighted by Crippen LogP contribution is 2.09. The third-order valence-electron chi connectivity index (χ3n) is 3.28. The molecule has 0 aliphatic rings. The smallest absolute Gasteiger partial charge is 0.125 e. The molecule has 0 amide bonds. The van der Waals surface area contributed by atoms with Gasteiger partial charge in [-0.3, -0.25) is 4.90 Å². The maximum Gasteiger partial charge on any atom is 0.125 e. The van der Waals surface area contributed by atoms with Crippen LogP contribution in [0.4, 0.5) is 10.1 Å². The maximum atomic E-state index is 13.1. The first kappa shape index (κ1) is 14.5. The molecule has 0 spiro atoms. The number of nitrogens with one attached hydrogen (secondary N) is 1. The Morgan fingerprint density at radius 2 is 1.85 bits per heavy atom. The molecule has 0 aliphatic heterocycles. The van der Waals surface area contributed by atoms with Gasteiger partial charge in [-0.2, -0.15) is 0 Å². The van der Waals surface area contributed by atoms with Gasteiger partial charge >= 0.3 is 0 Å². The molecule has 0 bridgehead atoms. The molecule has 0 saturated carbocycles. The van der Waals surface area contributed by atoms with Crippen LogP contribution in [0, 0.1) is 5.82 Å². The van der Waals surface area contributed by atoms with Crippen LogP contribution < -0.4 is 5.32 Å². The van der Waals surface area contributed by atoms with Gasteiger partial charge in [-0.1, -0.05) is 43.3 Å². The monoisotopic (exact) mass is 272 g/mol. The van der Waals surface area contributed by atoms with Crippen molar-refractivity contribution in [3.05, 3.63) is 66.0 Å². The van der Waals surface area contributed by atoms with Crippen LogP contribution in [0.2, 0.25) is 0 Å². The Labute approximate surface area is 120 Å². The van der Waals surface area contributed by atoms with E-state index >= 15 is 0 Å². The van der Waals surface area contributed by atoms with E-state index in [4.69, 9.17) is 0 Å². The first-order valence-electron chi connectivity index (χ1n) is 7.03. The summed E-state index contributed by atoms with van der Waals surface area (Å²) in [6.07, 6.45) is 0. The van der Waals surface area contributed by atoms with Crippen LogP contribution in [0.5, 0.6) is 0 Å². The summed E-state index contributed by atoms with van der Waals surface area (Å²) in [6, 6.07) is 17.0. The fraction of sp³-hybridized carbons (Fsp3) is 0.294. The van der Waals surface area contributed by atoms with E-state index in [2.05, 4.69) is 41.4 Å². The van der Waals surface area contributed by atoms with Crippen molar-refractivity contribution in [3.63, 3.8) is 0 Å². The minimum atomic E-state index is -0.202. The van der Waals surface area contributed by atoms with E-state index < -0.39 is 0 Å². The number of hydrogen-bond acceptors (Lipinski definition) is 2. The summed E-state index contributed by atoms with van der Waals surface area (Å²) in [5.74, 6) is -0.202. The predicted octanol–water partition coefficient (Wildman–Crippen LogP) is 3.76. The molecule has 3 heteroatoms. The molecule has 20 heavy (non-hydrogen) atoms. The molecule has 0 heterocycles. The number of rotatable bonds is 7. The summed E-state index contributed by atoms with van der Waals surface area (Å²) < 4.78 is 13.1. The summed E-state index contributed by atoms with van der Waals surface area (Å²) in [6.45, 7) is 5.85. The van der Waals surface area contributed by atoms with Gasteiger partial charge in [-0.15, -0.1) is 0 Å². The van der Waals surface area contributed by atoms with Gasteiger partial charge in [0.1, 0.15) is 5.82 Å². The van der Waals surface area contributed by atoms with Crippen molar-refractivity contribution >= 4 is 5.69 Å². The minimum Gasteiger partial charge on any atom is -0.384 e. The molecule has 1 N–H and O–H groups in total. The van der Waals surface area contributed by atoms with E-state index in [0.29, 0.717) is 0 Å². The SMILES string of the molecule is CCN(CCNc1cccc(F)c1)Cc1ccccc1. The molecule has 0 atom stereocenters. The average Bonchev–Trinajstić information content (AvgIpc) is 2.47. The molecular formula is C17H21FN2. The molecule has 0 fully saturated rings. The lowest BCUT2D eigenvalue weighted by Gasteiger charge is -2.21. The third kappa shape index (κ3) is 4.67. The second-order valence-electron chi connectivity index (χ2n) is 4.79. The summed E-state index contributed by atoms with van der Waals surface area (Å²) in [5, 5.41) is 3.25. The summed E-state index contributed by atoms with van der Waals surface area (Å²) in [4.78, 5) is 2.36. The largest absolute Gasteiger partial charge is 0.384 e. The van der Waals surface area contributed by atoms with Crippen LogP contribution in [0.1, 0.15) is 12.5 Å². The summed E-state index contributed by atoms with van der Waals surface area (Å²) >= 11 is 0. The van der Waals surface area contributed by atoms with Crippen molar-refractivity contribution < 1.29 is 4.39 Å². The van der Waals surface area contributed by atoms with Gasteiger partial charge in [-0.25, -0.2) is 4.39 Å². The van der Waals surface area contributed by atoms with Gasteiger partial charge in [0.2, 0.25) is 0 Å². The summed E-state index contributed by atoms with van der Waals surface area (Å²) in [5.41, 5.74) is 2.15. The Balaban J connectivity index is 1.79. The number of hydrogen-bond donors (Lipinski definition) is 1. The van der Waals surface area contributed by atoms with Gasteiger partial charge in [0.05, 0.1) is 0 Å². The highest BCUT2D eigenvalue weighted by atomic mass is 19.1. The number of halogens is 1. The molecule has 0 aromatic heterocycles. The van der Waals surface area contributed by atoms with Crippen molar-refractivity contribution in [2.45, 2.75) is 13.5 Å². The molecule has 0 unspecified atom stereocenters. The highest BCUT2D eigenvalue weighted by Gasteiger charge is 2.03. The van der Waals surface area contributed by atoms with Crippen molar-refractivity contribution in [1.82, 2.24) is 4.90 Å². The highest BCUT2D eigenvalue weighted by molar-refractivity contribution is 5.42. The maximum absolute atomic E-state index is 13.1. The molecule has 0 saturated heterocycles. The lowest BCUT2D eigenvalue weighted by Crippen LogP contribution is -2.28. The zero-order valence-corrected chi connectivity index (χ0v) is 11.8. The molecule has 2 rings (SSSR count). The molecule has 0 radical (unpaired) electrons.